The van der Waals surface area contributed by atoms with E-state index in [2.05, 4.69) is 10.4 Å². The first-order valence-electron chi connectivity index (χ1n) is 12.1. The van der Waals surface area contributed by atoms with Crippen LogP contribution in [0.2, 0.25) is 0 Å². The number of nitrogens with one attached hydrogen (secondary N) is 1. The van der Waals surface area contributed by atoms with Gasteiger partial charge < -0.3 is 19.5 Å². The Balaban J connectivity index is 1.60. The average Bonchev–Trinajstić information content (AvgIpc) is 3.44. The fourth-order valence-corrected chi connectivity index (χ4v) is 4.27. The summed E-state index contributed by atoms with van der Waals surface area (Å²) < 4.78 is 8.26. The smallest absolute Gasteiger partial charge is 0.325 e. The first-order chi connectivity index (χ1) is 17.7. The lowest BCUT2D eigenvalue weighted by atomic mass is 10.1. The summed E-state index contributed by atoms with van der Waals surface area (Å²) >= 11 is 0. The number of Topliss-reactive ketones (excluding diaryl/α,β-unsaturated/α-hetero) is 1. The zero-order valence-electron chi connectivity index (χ0n) is 21.7. The van der Waals surface area contributed by atoms with Crippen LogP contribution < -0.4 is 10.2 Å². The van der Waals surface area contributed by atoms with E-state index in [1.807, 2.05) is 63.2 Å². The maximum absolute atomic E-state index is 13.3. The van der Waals surface area contributed by atoms with Gasteiger partial charge in [-0.3, -0.25) is 14.4 Å². The van der Waals surface area contributed by atoms with Crippen molar-refractivity contribution >= 4 is 39.9 Å². The largest absolute Gasteiger partial charge is 0.468 e. The number of ketones is 1. The monoisotopic (exact) mass is 501 g/mol. The minimum Gasteiger partial charge on any atom is -0.468 e. The molecule has 0 spiro atoms. The Kier molecular flexibility index (Phi) is 7.42. The highest BCUT2D eigenvalue weighted by atomic mass is 16.5. The molecule has 0 atom stereocenters. The van der Waals surface area contributed by atoms with Gasteiger partial charge in [0.15, 0.2) is 5.78 Å². The van der Waals surface area contributed by atoms with Crippen molar-refractivity contribution in [3.8, 4) is 5.69 Å². The molecule has 4 rings (SSSR count). The molecule has 37 heavy (non-hydrogen) atoms. The molecule has 0 saturated heterocycles. The molecular weight excluding hydrogens is 470 g/mol. The van der Waals surface area contributed by atoms with Gasteiger partial charge >= 0.3 is 5.97 Å². The summed E-state index contributed by atoms with van der Waals surface area (Å²) in [6.07, 6.45) is 4.56. The maximum atomic E-state index is 13.3. The summed E-state index contributed by atoms with van der Waals surface area (Å²) in [5, 5.41) is 8.07. The molecule has 1 N–H and O–H groups in total. The Morgan fingerprint density at radius 2 is 1.78 bits per heavy atom. The third kappa shape index (κ3) is 5.25. The summed E-state index contributed by atoms with van der Waals surface area (Å²) in [5.74, 6) is -0.608. The summed E-state index contributed by atoms with van der Waals surface area (Å²) in [6.45, 7) is 3.85. The lowest BCUT2D eigenvalue weighted by molar-refractivity contribution is -0.141. The van der Waals surface area contributed by atoms with E-state index in [9.17, 15) is 14.4 Å². The second kappa shape index (κ2) is 10.7. The lowest BCUT2D eigenvalue weighted by Crippen LogP contribution is -2.13. The zero-order valence-corrected chi connectivity index (χ0v) is 21.7. The van der Waals surface area contributed by atoms with Crippen molar-refractivity contribution in [2.24, 2.45) is 0 Å². The molecule has 0 radical (unpaired) electrons. The topological polar surface area (TPSA) is 98.5 Å². The predicted octanol–water partition coefficient (Wildman–Crippen LogP) is 4.61. The molecule has 9 nitrogen and oxygen atoms in total. The van der Waals surface area contributed by atoms with Crippen LogP contribution in [0.3, 0.4) is 0 Å². The molecule has 0 aliphatic carbocycles. The number of carbonyl (C=O) groups is 3. The van der Waals surface area contributed by atoms with Crippen LogP contribution in [0.1, 0.15) is 46.2 Å². The third-order valence-electron chi connectivity index (χ3n) is 6.31. The third-order valence-corrected chi connectivity index (χ3v) is 6.31. The second-order valence-electron chi connectivity index (χ2n) is 9.07. The van der Waals surface area contributed by atoms with Gasteiger partial charge in [-0.15, -0.1) is 0 Å². The van der Waals surface area contributed by atoms with E-state index in [1.54, 1.807) is 33.8 Å². The molecule has 0 unspecified atom stereocenters. The number of nitrogens with zero attached hydrogens (tertiary/aromatic N) is 4. The lowest BCUT2D eigenvalue weighted by Gasteiger charge is -2.13. The maximum Gasteiger partial charge on any atom is 0.325 e. The van der Waals surface area contributed by atoms with E-state index in [0.717, 1.165) is 34.4 Å². The van der Waals surface area contributed by atoms with Crippen LogP contribution in [-0.2, 0) is 16.1 Å². The number of methoxy groups -OCH3 is 1. The van der Waals surface area contributed by atoms with E-state index >= 15 is 0 Å². The number of esters is 1. The Hall–Kier alpha value is -4.40. The number of hydrogen-bond donors (Lipinski definition) is 1. The molecule has 192 valence electrons. The van der Waals surface area contributed by atoms with E-state index < -0.39 is 5.97 Å². The molecule has 2 aromatic heterocycles. The van der Waals surface area contributed by atoms with Crippen LogP contribution in [0.25, 0.3) is 16.6 Å². The number of ether oxygens (including phenoxy) is 1. The summed E-state index contributed by atoms with van der Waals surface area (Å²) in [7, 11) is 5.19. The fraction of sp³-hybridized carbons (Fsp3) is 0.286. The number of amides is 1. The van der Waals surface area contributed by atoms with Gasteiger partial charge in [-0.25, -0.2) is 4.68 Å². The van der Waals surface area contributed by atoms with Crippen LogP contribution >= 0.6 is 0 Å². The minimum atomic E-state index is -0.399. The van der Waals surface area contributed by atoms with Gasteiger partial charge in [-0.05, 0) is 55.8 Å². The zero-order chi connectivity index (χ0) is 26.7. The highest BCUT2D eigenvalue weighted by Gasteiger charge is 2.19. The second-order valence-corrected chi connectivity index (χ2v) is 9.07. The fourth-order valence-electron chi connectivity index (χ4n) is 4.27. The molecule has 0 aliphatic heterocycles. The van der Waals surface area contributed by atoms with Crippen molar-refractivity contribution in [2.75, 3.05) is 31.4 Å². The molecule has 0 bridgehead atoms. The SMILES string of the molecule is CCCC(=O)c1cnn(-c2ccc(NC(=O)c3cn(CC(=O)OC)c4ccc(N(C)C)cc34)cc2)c1C. The highest BCUT2D eigenvalue weighted by Crippen LogP contribution is 2.27. The number of benzene rings is 2. The molecule has 4 aromatic rings. The number of rotatable bonds is 9. The van der Waals surface area contributed by atoms with E-state index in [-0.39, 0.29) is 18.2 Å². The molecule has 0 aliphatic rings. The molecule has 0 fully saturated rings. The van der Waals surface area contributed by atoms with Crippen LogP contribution in [0, 0.1) is 6.92 Å². The van der Waals surface area contributed by atoms with Crippen molar-refractivity contribution in [1.82, 2.24) is 14.3 Å². The van der Waals surface area contributed by atoms with Gasteiger partial charge in [0.25, 0.3) is 5.91 Å². The molecule has 2 heterocycles. The normalized spacial score (nSPS) is 10.9. The standard InChI is InChI=1S/C28H31N5O4/c1-6-7-26(34)23-15-29-33(18(23)2)20-10-8-19(9-11-20)30-28(36)24-16-32(17-27(35)37-5)25-13-12-21(31(3)4)14-22(24)25/h8-16H,6-7,17H2,1-5H3,(H,30,36). The summed E-state index contributed by atoms with van der Waals surface area (Å²) in [6, 6.07) is 13.0. The van der Waals surface area contributed by atoms with Crippen LogP contribution in [-0.4, -0.2) is 53.2 Å². The van der Waals surface area contributed by atoms with Crippen LogP contribution in [0.15, 0.2) is 54.9 Å². The Labute approximate surface area is 215 Å². The van der Waals surface area contributed by atoms with E-state index in [0.29, 0.717) is 23.2 Å². The number of hydrogen-bond acceptors (Lipinski definition) is 6. The van der Waals surface area contributed by atoms with Crippen molar-refractivity contribution in [3.05, 3.63) is 71.7 Å². The van der Waals surface area contributed by atoms with Crippen molar-refractivity contribution in [2.45, 2.75) is 33.2 Å². The van der Waals surface area contributed by atoms with E-state index in [1.165, 1.54) is 7.11 Å². The molecule has 0 saturated carbocycles. The Bertz CT molecular complexity index is 1460. The Morgan fingerprint density at radius 3 is 2.43 bits per heavy atom. The van der Waals surface area contributed by atoms with Gasteiger partial charge in [0, 0.05) is 49.0 Å². The first-order valence-corrected chi connectivity index (χ1v) is 12.1. The minimum absolute atomic E-state index is 0.00224. The molecule has 9 heteroatoms. The number of carbonyl (C=O) groups excluding carboxylic acids is 3. The quantitative estimate of drug-likeness (QED) is 0.266. The highest BCUT2D eigenvalue weighted by molar-refractivity contribution is 6.13. The first kappa shape index (κ1) is 25.7. The predicted molar refractivity (Wildman–Crippen MR) is 144 cm³/mol. The molecule has 1 amide bonds. The van der Waals surface area contributed by atoms with Crippen LogP contribution in [0.5, 0.6) is 0 Å². The van der Waals surface area contributed by atoms with Crippen molar-refractivity contribution in [1.29, 1.82) is 0 Å². The van der Waals surface area contributed by atoms with E-state index in [4.69, 9.17) is 4.74 Å². The van der Waals surface area contributed by atoms with Crippen molar-refractivity contribution in [3.63, 3.8) is 0 Å². The Morgan fingerprint density at radius 1 is 1.05 bits per heavy atom. The molecular formula is C28H31N5O4. The van der Waals surface area contributed by atoms with Crippen molar-refractivity contribution < 1.29 is 19.1 Å². The average molecular weight is 502 g/mol. The number of aromatic nitrogens is 3. The number of anilines is 2. The van der Waals surface area contributed by atoms with Crippen LogP contribution in [0.4, 0.5) is 11.4 Å². The van der Waals surface area contributed by atoms with Gasteiger partial charge in [0.05, 0.1) is 35.8 Å². The molecule has 2 aromatic carbocycles. The summed E-state index contributed by atoms with van der Waals surface area (Å²) in [4.78, 5) is 39.5. The van der Waals surface area contributed by atoms with Gasteiger partial charge in [-0.2, -0.15) is 5.10 Å². The summed E-state index contributed by atoms with van der Waals surface area (Å²) in [5.41, 5.74) is 4.96. The number of fused-ring (bicyclic) bond motifs is 1. The van der Waals surface area contributed by atoms with Gasteiger partial charge in [0.2, 0.25) is 0 Å². The van der Waals surface area contributed by atoms with Gasteiger partial charge in [-0.1, -0.05) is 6.92 Å². The van der Waals surface area contributed by atoms with Gasteiger partial charge in [0.1, 0.15) is 6.54 Å².